The van der Waals surface area contributed by atoms with Gasteiger partial charge in [-0.1, -0.05) is 79.9 Å². The summed E-state index contributed by atoms with van der Waals surface area (Å²) in [6.07, 6.45) is 3.04. The molecule has 3 atom stereocenters. The molecule has 2 amide bonds. The zero-order chi connectivity index (χ0) is 38.7. The second kappa shape index (κ2) is 18.5. The molecule has 0 aromatic heterocycles. The van der Waals surface area contributed by atoms with Crippen molar-refractivity contribution in [3.05, 3.63) is 131 Å². The molecule has 1 fully saturated rings. The lowest BCUT2D eigenvalue weighted by Crippen LogP contribution is -2.58. The first-order chi connectivity index (χ1) is 26.8. The van der Waals surface area contributed by atoms with E-state index in [1.807, 2.05) is 6.07 Å². The number of carbonyl (C=O) groups is 5. The summed E-state index contributed by atoms with van der Waals surface area (Å²) < 4.78 is 17.7. The Kier molecular flexibility index (Phi) is 13.1. The Bertz CT molecular complexity index is 1960. The average molecular weight is 747 g/mol. The van der Waals surface area contributed by atoms with E-state index in [1.165, 1.54) is 17.0 Å². The molecular formula is C44H46N2O9. The summed E-state index contributed by atoms with van der Waals surface area (Å²) >= 11 is 0. The highest BCUT2D eigenvalue weighted by molar-refractivity contribution is 6.09. The van der Waals surface area contributed by atoms with Gasteiger partial charge in [0.25, 0.3) is 5.91 Å². The second-order valence-corrected chi connectivity index (χ2v) is 13.7. The van der Waals surface area contributed by atoms with Gasteiger partial charge in [0.2, 0.25) is 5.91 Å². The van der Waals surface area contributed by atoms with Crippen LogP contribution in [0, 0.1) is 5.92 Å². The van der Waals surface area contributed by atoms with Gasteiger partial charge in [-0.3, -0.25) is 19.2 Å². The maximum absolute atomic E-state index is 14.6. The van der Waals surface area contributed by atoms with Crippen LogP contribution in [0.1, 0.15) is 100 Å². The molecule has 1 saturated carbocycles. The van der Waals surface area contributed by atoms with Crippen molar-refractivity contribution in [1.82, 2.24) is 5.32 Å². The van der Waals surface area contributed by atoms with Crippen molar-refractivity contribution in [3.63, 3.8) is 0 Å². The molecule has 0 unspecified atom stereocenters. The highest BCUT2D eigenvalue weighted by atomic mass is 16.5. The number of nitrogens with zero attached hydrogens (tertiary/aromatic N) is 1. The molecule has 11 heteroatoms. The molecule has 0 spiro atoms. The molecule has 11 nitrogen and oxygen atoms in total. The van der Waals surface area contributed by atoms with Crippen LogP contribution in [-0.2, 0) is 19.1 Å². The van der Waals surface area contributed by atoms with Crippen LogP contribution in [0.3, 0.4) is 0 Å². The molecule has 4 aromatic rings. The van der Waals surface area contributed by atoms with E-state index in [0.29, 0.717) is 53.0 Å². The summed E-state index contributed by atoms with van der Waals surface area (Å²) in [5.74, 6) is -2.12. The van der Waals surface area contributed by atoms with Crippen LogP contribution in [0.2, 0.25) is 0 Å². The number of aliphatic hydroxyl groups excluding tert-OH is 1. The first-order valence-corrected chi connectivity index (χ1v) is 18.9. The van der Waals surface area contributed by atoms with Crippen molar-refractivity contribution >= 4 is 35.2 Å². The van der Waals surface area contributed by atoms with Crippen molar-refractivity contribution in [2.75, 3.05) is 24.7 Å². The predicted octanol–water partition coefficient (Wildman–Crippen LogP) is 6.62. The number of hydrogen-bond acceptors (Lipinski definition) is 9. The highest BCUT2D eigenvalue weighted by Gasteiger charge is 2.48. The predicted molar refractivity (Wildman–Crippen MR) is 205 cm³/mol. The number of anilines is 1. The molecule has 1 aliphatic heterocycles. The maximum Gasteiger partial charge on any atom is 0.338 e. The van der Waals surface area contributed by atoms with E-state index < -0.39 is 36.0 Å². The Balaban J connectivity index is 1.44. The molecule has 0 radical (unpaired) electrons. The second-order valence-electron chi connectivity index (χ2n) is 13.7. The van der Waals surface area contributed by atoms with Crippen molar-refractivity contribution in [3.8, 4) is 5.75 Å². The number of amides is 2. The zero-order valence-electron chi connectivity index (χ0n) is 30.9. The molecule has 2 N–H and O–H groups in total. The van der Waals surface area contributed by atoms with Crippen LogP contribution in [0.5, 0.6) is 5.75 Å². The van der Waals surface area contributed by atoms with Crippen molar-refractivity contribution in [2.24, 2.45) is 5.92 Å². The van der Waals surface area contributed by atoms with Crippen molar-refractivity contribution in [2.45, 2.75) is 70.1 Å². The van der Waals surface area contributed by atoms with E-state index in [4.69, 9.17) is 14.2 Å². The van der Waals surface area contributed by atoms with Crippen LogP contribution in [0.25, 0.3) is 0 Å². The van der Waals surface area contributed by atoms with Gasteiger partial charge in [0.15, 0.2) is 5.78 Å². The number of benzene rings is 4. The molecule has 4 aromatic carbocycles. The zero-order valence-corrected chi connectivity index (χ0v) is 30.9. The fourth-order valence-corrected chi connectivity index (χ4v) is 7.30. The Morgan fingerprint density at radius 2 is 1.42 bits per heavy atom. The molecule has 6 rings (SSSR count). The summed E-state index contributed by atoms with van der Waals surface area (Å²) in [6.45, 7) is 1.91. The number of rotatable bonds is 14. The lowest BCUT2D eigenvalue weighted by atomic mass is 9.84. The number of ketones is 1. The Morgan fingerprint density at radius 1 is 0.782 bits per heavy atom. The summed E-state index contributed by atoms with van der Waals surface area (Å²) in [7, 11) is 0. The number of carbonyl (C=O) groups excluding carboxylic acids is 5. The average Bonchev–Trinajstić information content (AvgIpc) is 3.22. The van der Waals surface area contributed by atoms with Gasteiger partial charge in [-0.2, -0.15) is 0 Å². The third-order valence-corrected chi connectivity index (χ3v) is 10.1. The molecule has 55 heavy (non-hydrogen) atoms. The van der Waals surface area contributed by atoms with Crippen molar-refractivity contribution < 1.29 is 43.3 Å². The fraction of sp³-hybridized carbons (Fsp3) is 0.341. The van der Waals surface area contributed by atoms with E-state index in [9.17, 15) is 29.1 Å². The normalized spacial score (nSPS) is 18.1. The van der Waals surface area contributed by atoms with Gasteiger partial charge in [0.1, 0.15) is 11.9 Å². The summed E-state index contributed by atoms with van der Waals surface area (Å²) in [4.78, 5) is 70.7. The van der Waals surface area contributed by atoms with Gasteiger partial charge in [-0.15, -0.1) is 0 Å². The molecule has 286 valence electrons. The Morgan fingerprint density at radius 3 is 2.07 bits per heavy atom. The van der Waals surface area contributed by atoms with E-state index in [-0.39, 0.29) is 49.4 Å². The third kappa shape index (κ3) is 9.29. The number of aliphatic hydroxyl groups is 1. The SMILES string of the molecule is CCOC(=O)C[C@H]1[C@H](OC(=O)c2ccc(C(=O)c3ccccc3)cc2)[C@@H](NC(=O)C2CCCCC2)c2cc(OCCCO)ccc2N1C(=O)c1ccccc1. The van der Waals surface area contributed by atoms with Crippen LogP contribution in [-0.4, -0.2) is 66.6 Å². The number of hydrogen-bond donors (Lipinski definition) is 2. The topological polar surface area (TPSA) is 149 Å². The lowest BCUT2D eigenvalue weighted by Gasteiger charge is -2.46. The lowest BCUT2D eigenvalue weighted by molar-refractivity contribution is -0.144. The summed E-state index contributed by atoms with van der Waals surface area (Å²) in [5.41, 5.74) is 2.20. The van der Waals surface area contributed by atoms with E-state index >= 15 is 0 Å². The first-order valence-electron chi connectivity index (χ1n) is 18.9. The molecular weight excluding hydrogens is 700 g/mol. The van der Waals surface area contributed by atoms with Gasteiger partial charge in [0, 0.05) is 41.2 Å². The van der Waals surface area contributed by atoms with E-state index in [2.05, 4.69) is 5.32 Å². The van der Waals surface area contributed by atoms with Crippen molar-refractivity contribution in [1.29, 1.82) is 0 Å². The van der Waals surface area contributed by atoms with Crippen LogP contribution >= 0.6 is 0 Å². The smallest absolute Gasteiger partial charge is 0.338 e. The summed E-state index contributed by atoms with van der Waals surface area (Å²) in [6, 6.07) is 26.4. The van der Waals surface area contributed by atoms with Crippen LogP contribution in [0.15, 0.2) is 103 Å². The van der Waals surface area contributed by atoms with Gasteiger partial charge >= 0.3 is 11.9 Å². The quantitative estimate of drug-likeness (QED) is 0.0825. The van der Waals surface area contributed by atoms with E-state index in [1.54, 1.807) is 91.9 Å². The molecule has 0 saturated heterocycles. The van der Waals surface area contributed by atoms with Gasteiger partial charge < -0.3 is 29.5 Å². The van der Waals surface area contributed by atoms with Gasteiger partial charge in [0.05, 0.1) is 43.0 Å². The monoisotopic (exact) mass is 746 g/mol. The first kappa shape index (κ1) is 38.9. The fourth-order valence-electron chi connectivity index (χ4n) is 7.30. The summed E-state index contributed by atoms with van der Waals surface area (Å²) in [5, 5.41) is 12.6. The van der Waals surface area contributed by atoms with E-state index in [0.717, 1.165) is 19.3 Å². The number of ether oxygens (including phenoxy) is 3. The number of fused-ring (bicyclic) bond motifs is 1. The Labute approximate surface area is 320 Å². The molecule has 0 bridgehead atoms. The van der Waals surface area contributed by atoms with Crippen LogP contribution in [0.4, 0.5) is 5.69 Å². The van der Waals surface area contributed by atoms with Crippen LogP contribution < -0.4 is 15.0 Å². The maximum atomic E-state index is 14.6. The third-order valence-electron chi connectivity index (χ3n) is 10.1. The van der Waals surface area contributed by atoms with Gasteiger partial charge in [-0.25, -0.2) is 4.79 Å². The molecule has 1 aliphatic carbocycles. The Hall–Kier alpha value is -5.81. The van der Waals surface area contributed by atoms with Gasteiger partial charge in [-0.05, 0) is 62.2 Å². The number of esters is 2. The minimum atomic E-state index is -1.28. The minimum absolute atomic E-state index is 0.0701. The highest BCUT2D eigenvalue weighted by Crippen LogP contribution is 2.43. The largest absolute Gasteiger partial charge is 0.493 e. The number of nitrogens with one attached hydrogen (secondary N) is 1. The minimum Gasteiger partial charge on any atom is -0.493 e. The molecule has 1 heterocycles. The standard InChI is InChI=1S/C44H46N2O9/c1-2-53-38(48)28-37-41(55-44(52)33-21-19-30(20-22-33)40(49)29-13-6-3-7-14-29)39(45-42(50)31-15-8-4-9-16-31)35-27-34(54-26-12-25-47)23-24-36(35)46(37)43(51)32-17-10-5-11-18-32/h3,5-7,10-11,13-14,17-24,27,31,37,39,41,47H,2,4,8-9,12,15-16,25-26,28H2,1H3,(H,45,50)/t37-,39-,41-/m0/s1. The molecule has 2 aliphatic rings.